The smallest absolute Gasteiger partial charge is 0.345 e. The highest BCUT2D eigenvalue weighted by atomic mass is 35.5. The number of hydrogen-bond donors (Lipinski definition) is 5. The number of amides is 4. The van der Waals surface area contributed by atoms with Gasteiger partial charge in [-0.2, -0.15) is 4.91 Å². The summed E-state index contributed by atoms with van der Waals surface area (Å²) in [6.07, 6.45) is 1.34. The van der Waals surface area contributed by atoms with Gasteiger partial charge in [0, 0.05) is 16.8 Å². The molecule has 0 radical (unpaired) electrons. The molecular weight excluding hydrogens is 492 g/mol. The van der Waals surface area contributed by atoms with E-state index in [-0.39, 0.29) is 12.4 Å². The van der Waals surface area contributed by atoms with Crippen LogP contribution in [0.2, 0.25) is 5.02 Å². The van der Waals surface area contributed by atoms with E-state index >= 15 is 0 Å². The Bertz CT molecular complexity index is 1130. The number of carbonyl (C=O) groups excluding carboxylic acids is 2. The largest absolute Gasteiger partial charge is 0.440 e. The van der Waals surface area contributed by atoms with Crippen molar-refractivity contribution in [1.29, 1.82) is 5.41 Å². The van der Waals surface area contributed by atoms with Crippen molar-refractivity contribution in [2.45, 2.75) is 18.9 Å². The van der Waals surface area contributed by atoms with Crippen LogP contribution in [0, 0.1) is 10.3 Å². The molecule has 1 fully saturated rings. The number of benzene rings is 2. The standard InChI is InChI=1S/C22H25ClN8O5/c23-15-3-1-14(2-4-15)11-29-20(27-16-5-7-18(8-6-16)36-19(25)9-10-24)31(26)22(34)30(21(29)33)12-17(13-32)28-35/h1-10,17,20,25,27,32H,11-13,24,26H2/t17-,20?/m0/s1. The number of rotatable bonds is 10. The molecule has 1 aliphatic rings. The van der Waals surface area contributed by atoms with Crippen LogP contribution in [0.25, 0.3) is 0 Å². The Morgan fingerprint density at radius 2 is 1.86 bits per heavy atom. The van der Waals surface area contributed by atoms with Crippen molar-refractivity contribution in [3.8, 4) is 5.75 Å². The predicted octanol–water partition coefficient (Wildman–Crippen LogP) is 2.22. The Morgan fingerprint density at radius 3 is 2.44 bits per heavy atom. The van der Waals surface area contributed by atoms with Gasteiger partial charge in [0.15, 0.2) is 0 Å². The van der Waals surface area contributed by atoms with Crippen molar-refractivity contribution < 1.29 is 19.4 Å². The molecule has 1 saturated heterocycles. The second-order valence-electron chi connectivity index (χ2n) is 7.65. The number of nitroso groups, excluding NO2 is 1. The van der Waals surface area contributed by atoms with E-state index in [1.165, 1.54) is 17.2 Å². The topological polar surface area (TPSA) is 191 Å². The minimum absolute atomic E-state index is 0.0350. The van der Waals surface area contributed by atoms with E-state index in [9.17, 15) is 19.6 Å². The van der Waals surface area contributed by atoms with Crippen LogP contribution < -0.4 is 21.6 Å². The van der Waals surface area contributed by atoms with Crippen molar-refractivity contribution in [2.75, 3.05) is 18.5 Å². The summed E-state index contributed by atoms with van der Waals surface area (Å²) in [6, 6.07) is 10.3. The van der Waals surface area contributed by atoms with Crippen LogP contribution in [0.4, 0.5) is 15.3 Å². The minimum Gasteiger partial charge on any atom is -0.440 e. The molecule has 1 heterocycles. The number of hydrazine groups is 1. The summed E-state index contributed by atoms with van der Waals surface area (Å²) in [5.41, 5.74) is 6.43. The zero-order chi connectivity index (χ0) is 26.2. The lowest BCUT2D eigenvalue weighted by Gasteiger charge is -2.45. The number of carbonyl (C=O) groups is 2. The zero-order valence-electron chi connectivity index (χ0n) is 19.0. The first kappa shape index (κ1) is 26.4. The predicted molar refractivity (Wildman–Crippen MR) is 133 cm³/mol. The van der Waals surface area contributed by atoms with E-state index in [2.05, 4.69) is 10.5 Å². The summed E-state index contributed by atoms with van der Waals surface area (Å²) in [4.78, 5) is 39.3. The van der Waals surface area contributed by atoms with Crippen molar-refractivity contribution in [3.63, 3.8) is 0 Å². The molecule has 0 spiro atoms. The van der Waals surface area contributed by atoms with E-state index in [0.29, 0.717) is 22.0 Å². The molecule has 0 saturated carbocycles. The van der Waals surface area contributed by atoms with Gasteiger partial charge in [0.25, 0.3) is 0 Å². The van der Waals surface area contributed by atoms with Gasteiger partial charge in [-0.15, -0.1) is 0 Å². The van der Waals surface area contributed by atoms with Gasteiger partial charge in [0.2, 0.25) is 12.2 Å². The molecule has 4 amide bonds. The third kappa shape index (κ3) is 6.27. The average Bonchev–Trinajstić information content (AvgIpc) is 2.87. The molecule has 2 aromatic rings. The first-order valence-electron chi connectivity index (χ1n) is 10.6. The number of urea groups is 2. The number of aliphatic hydroxyl groups is 1. The van der Waals surface area contributed by atoms with Gasteiger partial charge in [-0.05, 0) is 48.2 Å². The van der Waals surface area contributed by atoms with Gasteiger partial charge in [-0.3, -0.25) is 10.3 Å². The number of nitrogens with two attached hydrogens (primary N) is 2. The molecule has 7 N–H and O–H groups in total. The van der Waals surface area contributed by atoms with Crippen LogP contribution in [-0.4, -0.2) is 63.4 Å². The number of ether oxygens (including phenoxy) is 1. The fourth-order valence-corrected chi connectivity index (χ4v) is 3.46. The SMILES string of the molecule is N=C(C=CN)Oc1ccc(NC2N(N)C(=O)N(C[C@@H](CO)N=O)C(=O)N2Cc2ccc(Cl)cc2)cc1. The highest BCUT2D eigenvalue weighted by molar-refractivity contribution is 6.30. The van der Waals surface area contributed by atoms with E-state index in [4.69, 9.17) is 33.3 Å². The molecular formula is C22H25ClN8O5. The molecule has 36 heavy (non-hydrogen) atoms. The minimum atomic E-state index is -1.20. The molecule has 13 nitrogen and oxygen atoms in total. The van der Waals surface area contributed by atoms with E-state index in [1.807, 2.05) is 0 Å². The van der Waals surface area contributed by atoms with Crippen LogP contribution in [0.3, 0.4) is 0 Å². The van der Waals surface area contributed by atoms with Crippen molar-refractivity contribution in [1.82, 2.24) is 14.8 Å². The highest BCUT2D eigenvalue weighted by Crippen LogP contribution is 2.24. The van der Waals surface area contributed by atoms with Crippen LogP contribution in [-0.2, 0) is 6.54 Å². The first-order valence-corrected chi connectivity index (χ1v) is 11.0. The van der Waals surface area contributed by atoms with Gasteiger partial charge < -0.3 is 20.9 Å². The van der Waals surface area contributed by atoms with Crippen LogP contribution in [0.5, 0.6) is 5.75 Å². The lowest BCUT2D eigenvalue weighted by Crippen LogP contribution is -2.70. The Kier molecular flexibility index (Phi) is 8.78. The average molecular weight is 517 g/mol. The summed E-state index contributed by atoms with van der Waals surface area (Å²) >= 11 is 5.96. The lowest BCUT2D eigenvalue weighted by molar-refractivity contribution is 0.0350. The van der Waals surface area contributed by atoms with Gasteiger partial charge in [0.1, 0.15) is 11.8 Å². The molecule has 2 aromatic carbocycles. The number of nitrogens with one attached hydrogen (secondary N) is 2. The van der Waals surface area contributed by atoms with Gasteiger partial charge in [0.05, 0.1) is 19.7 Å². The van der Waals surface area contributed by atoms with Crippen molar-refractivity contribution >= 4 is 35.2 Å². The molecule has 0 aromatic heterocycles. The summed E-state index contributed by atoms with van der Waals surface area (Å²) in [7, 11) is 0. The number of aliphatic hydroxyl groups excluding tert-OH is 1. The summed E-state index contributed by atoms with van der Waals surface area (Å²) in [5, 5.41) is 24.1. The maximum absolute atomic E-state index is 13.4. The van der Waals surface area contributed by atoms with E-state index in [1.54, 1.807) is 48.5 Å². The normalized spacial score (nSPS) is 16.9. The molecule has 0 bridgehead atoms. The Hall–Kier alpha value is -4.20. The van der Waals surface area contributed by atoms with Crippen molar-refractivity contribution in [2.24, 2.45) is 16.8 Å². The number of nitrogens with zero attached hydrogens (tertiary/aromatic N) is 4. The molecule has 1 unspecified atom stereocenters. The lowest BCUT2D eigenvalue weighted by atomic mass is 10.2. The van der Waals surface area contributed by atoms with E-state index in [0.717, 1.165) is 9.91 Å². The number of anilines is 1. The summed E-state index contributed by atoms with van der Waals surface area (Å²) < 4.78 is 5.30. The van der Waals surface area contributed by atoms with Gasteiger partial charge in [-0.1, -0.05) is 28.9 Å². The zero-order valence-corrected chi connectivity index (χ0v) is 19.7. The summed E-state index contributed by atoms with van der Waals surface area (Å²) in [6.45, 7) is -1.05. The fraction of sp³-hybridized carbons (Fsp3) is 0.227. The van der Waals surface area contributed by atoms with Gasteiger partial charge >= 0.3 is 12.1 Å². The Balaban J connectivity index is 1.87. The van der Waals surface area contributed by atoms with Crippen molar-refractivity contribution in [3.05, 3.63) is 76.3 Å². The van der Waals surface area contributed by atoms with Crippen LogP contribution in [0.1, 0.15) is 5.56 Å². The quantitative estimate of drug-likeness (QED) is 0.104. The molecule has 190 valence electrons. The number of imide groups is 1. The third-order valence-corrected chi connectivity index (χ3v) is 5.38. The number of halogens is 1. The first-order chi connectivity index (χ1) is 17.3. The second kappa shape index (κ2) is 12.0. The molecule has 0 aliphatic carbocycles. The monoisotopic (exact) mass is 516 g/mol. The number of hydrogen-bond acceptors (Lipinski definition) is 10. The van der Waals surface area contributed by atoms with E-state index < -0.39 is 37.5 Å². The summed E-state index contributed by atoms with van der Waals surface area (Å²) in [5.74, 6) is 6.31. The molecule has 3 rings (SSSR count). The Morgan fingerprint density at radius 1 is 1.19 bits per heavy atom. The van der Waals surface area contributed by atoms with Crippen LogP contribution in [0.15, 0.2) is 66.0 Å². The maximum Gasteiger partial charge on any atom is 0.345 e. The second-order valence-corrected chi connectivity index (χ2v) is 8.08. The highest BCUT2D eigenvalue weighted by Gasteiger charge is 2.44. The third-order valence-electron chi connectivity index (χ3n) is 5.13. The fourth-order valence-electron chi connectivity index (χ4n) is 3.33. The van der Waals surface area contributed by atoms with Gasteiger partial charge in [-0.25, -0.2) is 25.3 Å². The van der Waals surface area contributed by atoms with Crippen LogP contribution >= 0.6 is 11.6 Å². The molecule has 1 aliphatic heterocycles. The maximum atomic E-state index is 13.4. The molecule has 14 heteroatoms. The Labute approximate surface area is 211 Å². The molecule has 2 atom stereocenters.